The summed E-state index contributed by atoms with van der Waals surface area (Å²) in [6.07, 6.45) is 1.000. The van der Waals surface area contributed by atoms with Crippen LogP contribution in [0.2, 0.25) is 5.02 Å². The predicted molar refractivity (Wildman–Crippen MR) is 71.0 cm³/mol. The molecule has 0 aliphatic carbocycles. The standard InChI is InChI=1S/C12H11ClN2S/c13-8-2-1-3-9-11(8)12(14)7-4-5-16-6-10(7)15-9/h1-3H,4-6H2,(H2,14,15). The van der Waals surface area contributed by atoms with Crippen molar-refractivity contribution in [2.75, 3.05) is 11.5 Å². The van der Waals surface area contributed by atoms with Crippen molar-refractivity contribution in [3.63, 3.8) is 0 Å². The molecule has 16 heavy (non-hydrogen) atoms. The van der Waals surface area contributed by atoms with Crippen molar-refractivity contribution < 1.29 is 0 Å². The molecule has 0 fully saturated rings. The minimum atomic E-state index is 0.698. The first kappa shape index (κ1) is 10.2. The molecule has 1 aliphatic rings. The SMILES string of the molecule is Nc1c2c(nc3cccc(Cl)c13)CSCC2. The van der Waals surface area contributed by atoms with Crippen molar-refractivity contribution in [2.24, 2.45) is 0 Å². The smallest absolute Gasteiger partial charge is 0.0741 e. The topological polar surface area (TPSA) is 38.9 Å². The number of nitrogens with zero attached hydrogens (tertiary/aromatic N) is 1. The number of nitrogens with two attached hydrogens (primary N) is 1. The molecular formula is C12H11ClN2S. The van der Waals surface area contributed by atoms with Crippen LogP contribution in [0.4, 0.5) is 5.69 Å². The van der Waals surface area contributed by atoms with Crippen LogP contribution in [0, 0.1) is 0 Å². The lowest BCUT2D eigenvalue weighted by molar-refractivity contribution is 1.04. The average molecular weight is 251 g/mol. The predicted octanol–water partition coefficient (Wildman–Crippen LogP) is 3.26. The lowest BCUT2D eigenvalue weighted by atomic mass is 10.0. The largest absolute Gasteiger partial charge is 0.398 e. The highest BCUT2D eigenvalue weighted by Gasteiger charge is 2.17. The minimum Gasteiger partial charge on any atom is -0.398 e. The van der Waals surface area contributed by atoms with E-state index in [1.165, 1.54) is 5.56 Å². The van der Waals surface area contributed by atoms with Gasteiger partial charge in [0.1, 0.15) is 0 Å². The first-order valence-electron chi connectivity index (χ1n) is 5.20. The van der Waals surface area contributed by atoms with Crippen LogP contribution in [0.25, 0.3) is 10.9 Å². The molecule has 1 aliphatic heterocycles. The zero-order valence-corrected chi connectivity index (χ0v) is 10.2. The van der Waals surface area contributed by atoms with Crippen molar-refractivity contribution in [3.8, 4) is 0 Å². The van der Waals surface area contributed by atoms with E-state index >= 15 is 0 Å². The third-order valence-corrected chi connectivity index (χ3v) is 4.21. The number of aromatic nitrogens is 1. The van der Waals surface area contributed by atoms with Crippen LogP contribution in [0.3, 0.4) is 0 Å². The van der Waals surface area contributed by atoms with Crippen LogP contribution in [0.1, 0.15) is 11.3 Å². The van der Waals surface area contributed by atoms with E-state index in [4.69, 9.17) is 17.3 Å². The van der Waals surface area contributed by atoms with E-state index in [1.807, 2.05) is 30.0 Å². The molecule has 2 heterocycles. The average Bonchev–Trinajstić information content (AvgIpc) is 2.29. The summed E-state index contributed by atoms with van der Waals surface area (Å²) in [5.74, 6) is 2.08. The van der Waals surface area contributed by atoms with Crippen LogP contribution in [0.15, 0.2) is 18.2 Å². The summed E-state index contributed by atoms with van der Waals surface area (Å²) in [4.78, 5) is 4.65. The maximum atomic E-state index is 6.21. The maximum Gasteiger partial charge on any atom is 0.0741 e. The van der Waals surface area contributed by atoms with Gasteiger partial charge in [0.15, 0.2) is 0 Å². The van der Waals surface area contributed by atoms with Crippen molar-refractivity contribution in [3.05, 3.63) is 34.5 Å². The highest BCUT2D eigenvalue weighted by atomic mass is 35.5. The quantitative estimate of drug-likeness (QED) is 0.780. The number of hydrogen-bond donors (Lipinski definition) is 1. The molecule has 2 aromatic rings. The molecule has 82 valence electrons. The lowest BCUT2D eigenvalue weighted by Gasteiger charge is -2.18. The summed E-state index contributed by atoms with van der Waals surface area (Å²) in [5, 5.41) is 1.61. The molecule has 4 heteroatoms. The molecule has 0 unspecified atom stereocenters. The van der Waals surface area contributed by atoms with Gasteiger partial charge in [-0.2, -0.15) is 11.8 Å². The van der Waals surface area contributed by atoms with Crippen LogP contribution < -0.4 is 5.73 Å². The Morgan fingerprint density at radius 2 is 2.25 bits per heavy atom. The summed E-state index contributed by atoms with van der Waals surface area (Å²) in [6.45, 7) is 0. The molecule has 1 aromatic carbocycles. The van der Waals surface area contributed by atoms with E-state index < -0.39 is 0 Å². The second-order valence-electron chi connectivity index (χ2n) is 3.89. The van der Waals surface area contributed by atoms with Gasteiger partial charge in [0.2, 0.25) is 0 Å². The fraction of sp³-hybridized carbons (Fsp3) is 0.250. The van der Waals surface area contributed by atoms with Crippen LogP contribution in [-0.4, -0.2) is 10.7 Å². The van der Waals surface area contributed by atoms with E-state index in [9.17, 15) is 0 Å². The van der Waals surface area contributed by atoms with E-state index in [0.717, 1.165) is 40.2 Å². The normalized spacial score (nSPS) is 15.1. The molecule has 0 atom stereocenters. The van der Waals surface area contributed by atoms with Gasteiger partial charge in [-0.1, -0.05) is 17.7 Å². The van der Waals surface area contributed by atoms with Gasteiger partial charge in [0, 0.05) is 16.8 Å². The van der Waals surface area contributed by atoms with E-state index in [2.05, 4.69) is 4.98 Å². The molecule has 2 nitrogen and oxygen atoms in total. The highest BCUT2D eigenvalue weighted by Crippen LogP contribution is 2.35. The maximum absolute atomic E-state index is 6.21. The number of halogens is 1. The van der Waals surface area contributed by atoms with Gasteiger partial charge in [-0.15, -0.1) is 0 Å². The van der Waals surface area contributed by atoms with Crippen molar-refractivity contribution >= 4 is 40.0 Å². The van der Waals surface area contributed by atoms with Crippen LogP contribution in [0.5, 0.6) is 0 Å². The third kappa shape index (κ3) is 1.46. The van der Waals surface area contributed by atoms with Crippen molar-refractivity contribution in [2.45, 2.75) is 12.2 Å². The molecule has 3 rings (SSSR count). The third-order valence-electron chi connectivity index (χ3n) is 2.93. The Bertz CT molecular complexity index is 568. The van der Waals surface area contributed by atoms with E-state index in [0.29, 0.717) is 5.02 Å². The number of rotatable bonds is 0. The molecular weight excluding hydrogens is 240 g/mol. The molecule has 0 amide bonds. The van der Waals surface area contributed by atoms with Crippen LogP contribution in [-0.2, 0) is 12.2 Å². The first-order chi connectivity index (χ1) is 7.77. The van der Waals surface area contributed by atoms with Gasteiger partial charge in [-0.05, 0) is 29.9 Å². The lowest BCUT2D eigenvalue weighted by Crippen LogP contribution is -2.09. The summed E-state index contributed by atoms with van der Waals surface area (Å²) in [6, 6.07) is 5.75. The van der Waals surface area contributed by atoms with Crippen molar-refractivity contribution in [1.29, 1.82) is 0 Å². The Morgan fingerprint density at radius 3 is 3.12 bits per heavy atom. The number of pyridine rings is 1. The van der Waals surface area contributed by atoms with Gasteiger partial charge < -0.3 is 5.73 Å². The fourth-order valence-corrected chi connectivity index (χ4v) is 3.33. The highest BCUT2D eigenvalue weighted by molar-refractivity contribution is 7.98. The number of nitrogen functional groups attached to an aromatic ring is 1. The number of benzene rings is 1. The Balaban J connectivity index is 2.40. The van der Waals surface area contributed by atoms with Gasteiger partial charge in [-0.25, -0.2) is 0 Å². The molecule has 0 bridgehead atoms. The number of thioether (sulfide) groups is 1. The van der Waals surface area contributed by atoms with E-state index in [1.54, 1.807) is 0 Å². The second-order valence-corrected chi connectivity index (χ2v) is 5.40. The van der Waals surface area contributed by atoms with Gasteiger partial charge >= 0.3 is 0 Å². The van der Waals surface area contributed by atoms with Gasteiger partial charge in [0.25, 0.3) is 0 Å². The Labute approximate surface area is 103 Å². The molecule has 0 saturated carbocycles. The molecule has 1 aromatic heterocycles. The molecule has 2 N–H and O–H groups in total. The van der Waals surface area contributed by atoms with Gasteiger partial charge in [-0.3, -0.25) is 4.98 Å². The Morgan fingerprint density at radius 1 is 1.38 bits per heavy atom. The summed E-state index contributed by atoms with van der Waals surface area (Å²) in [5.41, 5.74) is 10.3. The summed E-state index contributed by atoms with van der Waals surface area (Å²) in [7, 11) is 0. The van der Waals surface area contributed by atoms with Crippen LogP contribution >= 0.6 is 23.4 Å². The molecule has 0 saturated heterocycles. The van der Waals surface area contributed by atoms with E-state index in [-0.39, 0.29) is 0 Å². The number of fused-ring (bicyclic) bond motifs is 2. The number of anilines is 1. The second kappa shape index (κ2) is 3.82. The molecule has 0 radical (unpaired) electrons. The molecule has 0 spiro atoms. The van der Waals surface area contributed by atoms with Gasteiger partial charge in [0.05, 0.1) is 16.2 Å². The summed E-state index contributed by atoms with van der Waals surface area (Å²) >= 11 is 8.09. The monoisotopic (exact) mass is 250 g/mol. The summed E-state index contributed by atoms with van der Waals surface area (Å²) < 4.78 is 0. The minimum absolute atomic E-state index is 0.698. The number of hydrogen-bond acceptors (Lipinski definition) is 3. The Kier molecular flexibility index (Phi) is 2.45. The van der Waals surface area contributed by atoms with Crippen molar-refractivity contribution in [1.82, 2.24) is 4.98 Å². The zero-order valence-electron chi connectivity index (χ0n) is 8.66. The Hall–Kier alpha value is -0.930. The fourth-order valence-electron chi connectivity index (χ4n) is 2.13. The zero-order chi connectivity index (χ0) is 11.1. The first-order valence-corrected chi connectivity index (χ1v) is 6.74.